The molecule has 132 valence electrons. The number of methoxy groups -OCH3 is 2. The van der Waals surface area contributed by atoms with Crippen LogP contribution in [-0.2, 0) is 9.47 Å². The van der Waals surface area contributed by atoms with Gasteiger partial charge in [-0.2, -0.15) is 0 Å². The average molecular weight is 377 g/mol. The van der Waals surface area contributed by atoms with E-state index in [9.17, 15) is 0 Å². The fourth-order valence-electron chi connectivity index (χ4n) is 2.62. The van der Waals surface area contributed by atoms with E-state index in [0.717, 1.165) is 18.2 Å². The van der Waals surface area contributed by atoms with E-state index in [-0.39, 0.29) is 6.29 Å². The molecule has 22 heavy (non-hydrogen) atoms. The topological polar surface area (TPSA) is 18.5 Å². The van der Waals surface area contributed by atoms with Crippen molar-refractivity contribution < 1.29 is 9.47 Å². The summed E-state index contributed by atoms with van der Waals surface area (Å²) < 4.78 is 10.4. The van der Waals surface area contributed by atoms with Crippen LogP contribution in [0.1, 0.15) is 83.5 Å². The van der Waals surface area contributed by atoms with Gasteiger partial charge >= 0.3 is 0 Å². The maximum atomic E-state index is 5.19. The van der Waals surface area contributed by atoms with Gasteiger partial charge in [-0.1, -0.05) is 79.4 Å². The summed E-state index contributed by atoms with van der Waals surface area (Å²) in [5, 5.41) is 1.09. The summed E-state index contributed by atoms with van der Waals surface area (Å²) in [6.07, 6.45) is 21.7. The van der Waals surface area contributed by atoms with Crippen molar-refractivity contribution in [2.24, 2.45) is 0 Å². The molecule has 2 nitrogen and oxygen atoms in total. The van der Waals surface area contributed by atoms with Crippen molar-refractivity contribution in [1.82, 2.24) is 0 Å². The summed E-state index contributed by atoms with van der Waals surface area (Å²) >= 11 is 3.44. The zero-order chi connectivity index (χ0) is 16.3. The molecule has 0 aliphatic rings. The quantitative estimate of drug-likeness (QED) is 0.123. The summed E-state index contributed by atoms with van der Waals surface area (Å²) in [4.78, 5) is 0. The highest BCUT2D eigenvalue weighted by Crippen LogP contribution is 2.13. The maximum Gasteiger partial charge on any atom is 0.156 e. The van der Waals surface area contributed by atoms with Gasteiger partial charge in [-0.25, -0.2) is 0 Å². The van der Waals surface area contributed by atoms with Crippen molar-refractivity contribution in [2.45, 2.75) is 89.8 Å². The molecule has 0 atom stereocenters. The average Bonchev–Trinajstić information content (AvgIpc) is 2.55. The minimum Gasteiger partial charge on any atom is -0.356 e. The zero-order valence-corrected chi connectivity index (χ0v) is 16.4. The predicted molar refractivity (Wildman–Crippen MR) is 101 cm³/mol. The number of hydrogen-bond acceptors (Lipinski definition) is 2. The summed E-state index contributed by atoms with van der Waals surface area (Å²) in [5.41, 5.74) is 0. The third-order valence-corrected chi connectivity index (χ3v) is 4.49. The van der Waals surface area contributed by atoms with Gasteiger partial charge in [-0.3, -0.25) is 0 Å². The lowest BCUT2D eigenvalue weighted by Gasteiger charge is -2.12. The van der Waals surface area contributed by atoms with Crippen LogP contribution in [-0.4, -0.2) is 25.8 Å². The summed E-state index contributed by atoms with van der Waals surface area (Å²) in [7, 11) is 3.43. The first-order valence-corrected chi connectivity index (χ1v) is 10.2. The highest BCUT2D eigenvalue weighted by molar-refractivity contribution is 9.09. The number of halogens is 1. The highest BCUT2D eigenvalue weighted by atomic mass is 79.9. The lowest BCUT2D eigenvalue weighted by atomic mass is 10.0. The van der Waals surface area contributed by atoms with Crippen LogP contribution >= 0.6 is 15.9 Å². The molecule has 0 heterocycles. The molecule has 0 aromatic heterocycles. The lowest BCUT2D eigenvalue weighted by molar-refractivity contribution is -0.107. The number of hydrogen-bond donors (Lipinski definition) is 0. The Morgan fingerprint density at radius 1 is 0.682 bits per heavy atom. The van der Waals surface area contributed by atoms with Gasteiger partial charge in [0, 0.05) is 19.5 Å². The second-order valence-corrected chi connectivity index (χ2v) is 6.76. The number of rotatable bonds is 17. The summed E-state index contributed by atoms with van der Waals surface area (Å²) in [6.45, 7) is 0. The van der Waals surface area contributed by atoms with Gasteiger partial charge in [-0.15, -0.1) is 0 Å². The van der Waals surface area contributed by atoms with Crippen LogP contribution in [0.15, 0.2) is 12.2 Å². The van der Waals surface area contributed by atoms with Crippen molar-refractivity contribution in [2.75, 3.05) is 19.5 Å². The zero-order valence-electron chi connectivity index (χ0n) is 14.8. The van der Waals surface area contributed by atoms with Crippen LogP contribution in [0.4, 0.5) is 0 Å². The van der Waals surface area contributed by atoms with E-state index in [0.29, 0.717) is 0 Å². The third-order valence-electron chi connectivity index (χ3n) is 4.03. The Morgan fingerprint density at radius 3 is 1.64 bits per heavy atom. The molecular weight excluding hydrogens is 340 g/mol. The Balaban J connectivity index is 3.08. The Labute approximate surface area is 147 Å². The molecule has 0 bridgehead atoms. The van der Waals surface area contributed by atoms with E-state index < -0.39 is 0 Å². The van der Waals surface area contributed by atoms with Crippen LogP contribution in [0.5, 0.6) is 0 Å². The van der Waals surface area contributed by atoms with Crippen LogP contribution < -0.4 is 0 Å². The van der Waals surface area contributed by atoms with E-state index in [4.69, 9.17) is 9.47 Å². The van der Waals surface area contributed by atoms with Gasteiger partial charge in [0.2, 0.25) is 0 Å². The fraction of sp³-hybridized carbons (Fsp3) is 0.895. The predicted octanol–water partition coefficient (Wildman–Crippen LogP) is 6.63. The van der Waals surface area contributed by atoms with Crippen LogP contribution in [0.2, 0.25) is 0 Å². The molecule has 0 aliphatic heterocycles. The van der Waals surface area contributed by atoms with E-state index >= 15 is 0 Å². The van der Waals surface area contributed by atoms with Crippen LogP contribution in [0.3, 0.4) is 0 Å². The van der Waals surface area contributed by atoms with Crippen molar-refractivity contribution in [1.29, 1.82) is 0 Å². The Morgan fingerprint density at radius 2 is 1.14 bits per heavy atom. The van der Waals surface area contributed by atoms with E-state index in [1.807, 2.05) is 0 Å². The molecule has 0 spiro atoms. The molecule has 3 heteroatoms. The minimum absolute atomic E-state index is 0.00526. The maximum absolute atomic E-state index is 5.19. The molecule has 0 aromatic carbocycles. The Kier molecular flexibility index (Phi) is 19.3. The Bertz CT molecular complexity index is 227. The van der Waals surface area contributed by atoms with Gasteiger partial charge in [0.05, 0.1) is 0 Å². The minimum atomic E-state index is -0.00526. The third kappa shape index (κ3) is 16.5. The molecule has 0 amide bonds. The van der Waals surface area contributed by atoms with Gasteiger partial charge in [0.15, 0.2) is 6.29 Å². The van der Waals surface area contributed by atoms with Crippen molar-refractivity contribution in [3.8, 4) is 0 Å². The first-order valence-electron chi connectivity index (χ1n) is 9.11. The molecule has 0 rings (SSSR count). The number of alkyl halides is 1. The normalized spacial score (nSPS) is 11.8. The van der Waals surface area contributed by atoms with Crippen molar-refractivity contribution >= 4 is 15.9 Å². The van der Waals surface area contributed by atoms with Gasteiger partial charge in [0.1, 0.15) is 0 Å². The lowest BCUT2D eigenvalue weighted by Crippen LogP contribution is -2.12. The molecule has 0 aromatic rings. The monoisotopic (exact) mass is 376 g/mol. The smallest absolute Gasteiger partial charge is 0.156 e. The van der Waals surface area contributed by atoms with Gasteiger partial charge < -0.3 is 9.47 Å². The largest absolute Gasteiger partial charge is 0.356 e. The molecule has 0 saturated carbocycles. The summed E-state index contributed by atoms with van der Waals surface area (Å²) in [6, 6.07) is 0. The standard InChI is InChI=1S/C19H37BrO2/c1-21-19(22-2)17-15-13-11-9-7-5-3-4-6-8-10-12-14-16-18-20/h12,14,19H,3-11,13,15-18H2,1-2H3/b14-12+. The molecule has 0 saturated heterocycles. The van der Waals surface area contributed by atoms with Gasteiger partial charge in [0.25, 0.3) is 0 Å². The molecule has 0 fully saturated rings. The number of ether oxygens (including phenoxy) is 2. The first-order chi connectivity index (χ1) is 10.8. The fourth-order valence-corrected chi connectivity index (χ4v) is 2.88. The SMILES string of the molecule is COC(CCCCCCCCCCCC/C=C/CCBr)OC. The van der Waals surface area contributed by atoms with Crippen LogP contribution in [0.25, 0.3) is 0 Å². The molecule has 0 aliphatic carbocycles. The van der Waals surface area contributed by atoms with Gasteiger partial charge in [-0.05, 0) is 32.1 Å². The highest BCUT2D eigenvalue weighted by Gasteiger charge is 2.03. The van der Waals surface area contributed by atoms with Crippen molar-refractivity contribution in [3.05, 3.63) is 12.2 Å². The van der Waals surface area contributed by atoms with E-state index in [1.54, 1.807) is 14.2 Å². The second kappa shape index (κ2) is 19.2. The Hall–Kier alpha value is 0.140. The summed E-state index contributed by atoms with van der Waals surface area (Å²) in [5.74, 6) is 0. The van der Waals surface area contributed by atoms with Crippen molar-refractivity contribution in [3.63, 3.8) is 0 Å². The molecule has 0 unspecified atom stereocenters. The van der Waals surface area contributed by atoms with Crippen LogP contribution in [0, 0.1) is 0 Å². The number of allylic oxidation sites excluding steroid dienone is 2. The first kappa shape index (κ1) is 22.1. The van der Waals surface area contributed by atoms with E-state index in [1.165, 1.54) is 70.6 Å². The molecular formula is C19H37BrO2. The second-order valence-electron chi connectivity index (χ2n) is 5.96. The molecule has 0 radical (unpaired) electrons. The molecule has 0 N–H and O–H groups in total. The van der Waals surface area contributed by atoms with E-state index in [2.05, 4.69) is 28.1 Å². The number of unbranched alkanes of at least 4 members (excludes halogenated alkanes) is 10.